The number of rotatable bonds is 11. The van der Waals surface area contributed by atoms with Crippen LogP contribution in [0.4, 0.5) is 0 Å². The van der Waals surface area contributed by atoms with E-state index in [1.165, 1.54) is 5.56 Å². The van der Waals surface area contributed by atoms with E-state index >= 15 is 0 Å². The van der Waals surface area contributed by atoms with Crippen LogP contribution in [-0.2, 0) is 17.9 Å². The number of ether oxygens (including phenoxy) is 2. The smallest absolute Gasteiger partial charge is 0.191 e. The summed E-state index contributed by atoms with van der Waals surface area (Å²) in [6, 6.07) is 24.1. The van der Waals surface area contributed by atoms with Gasteiger partial charge in [-0.15, -0.1) is 0 Å². The predicted molar refractivity (Wildman–Crippen MR) is 129 cm³/mol. The molecule has 6 heteroatoms. The van der Waals surface area contributed by atoms with Gasteiger partial charge in [-0.2, -0.15) is 0 Å². The molecule has 0 bridgehead atoms. The maximum atomic E-state index is 5.92. The minimum Gasteiger partial charge on any atom is -0.487 e. The highest BCUT2D eigenvalue weighted by Crippen LogP contribution is 2.16. The molecule has 3 rings (SSSR count). The summed E-state index contributed by atoms with van der Waals surface area (Å²) in [6.45, 7) is 4.66. The first-order valence-electron chi connectivity index (χ1n) is 11.0. The van der Waals surface area contributed by atoms with Gasteiger partial charge in [0.25, 0.3) is 0 Å². The zero-order valence-corrected chi connectivity index (χ0v) is 18.8. The van der Waals surface area contributed by atoms with Crippen LogP contribution in [0.2, 0.25) is 0 Å². The third-order valence-electron chi connectivity index (χ3n) is 4.95. The Morgan fingerprint density at radius 3 is 2.62 bits per heavy atom. The van der Waals surface area contributed by atoms with Gasteiger partial charge in [0.15, 0.2) is 5.96 Å². The Hall–Kier alpha value is -3.38. The third-order valence-corrected chi connectivity index (χ3v) is 4.95. The van der Waals surface area contributed by atoms with Crippen LogP contribution in [0.3, 0.4) is 0 Å². The van der Waals surface area contributed by atoms with Crippen LogP contribution in [0.1, 0.15) is 36.3 Å². The molecule has 0 spiro atoms. The van der Waals surface area contributed by atoms with Crippen LogP contribution in [0, 0.1) is 0 Å². The van der Waals surface area contributed by atoms with Gasteiger partial charge in [-0.25, -0.2) is 0 Å². The molecule has 2 N–H and O–H groups in total. The average molecular weight is 433 g/mol. The maximum Gasteiger partial charge on any atom is 0.191 e. The Labute approximate surface area is 190 Å². The van der Waals surface area contributed by atoms with Crippen molar-refractivity contribution in [2.75, 3.05) is 20.2 Å². The molecule has 168 valence electrons. The summed E-state index contributed by atoms with van der Waals surface area (Å²) in [5, 5.41) is 6.68. The quantitative estimate of drug-likeness (QED) is 0.265. The standard InChI is InChI=1S/C26H32N4O2/c1-21(23-11-4-3-5-12-23)31-17-9-16-29-26(27-2)30-19-22-10-8-14-25(18-22)32-20-24-13-6-7-15-28-24/h3-8,10-15,18,21H,9,16-17,19-20H2,1-2H3,(H2,27,29,30). The topological polar surface area (TPSA) is 67.8 Å². The Balaban J connectivity index is 1.35. The summed E-state index contributed by atoms with van der Waals surface area (Å²) < 4.78 is 11.8. The number of aliphatic imine (C=N–C) groups is 1. The monoisotopic (exact) mass is 432 g/mol. The SMILES string of the molecule is CN=C(NCCCOC(C)c1ccccc1)NCc1cccc(OCc2ccccn2)c1. The van der Waals surface area contributed by atoms with E-state index in [9.17, 15) is 0 Å². The molecular formula is C26H32N4O2. The lowest BCUT2D eigenvalue weighted by atomic mass is 10.1. The highest BCUT2D eigenvalue weighted by Gasteiger charge is 2.05. The number of hydrogen-bond donors (Lipinski definition) is 2. The number of nitrogens with one attached hydrogen (secondary N) is 2. The Bertz CT molecular complexity index is 948. The van der Waals surface area contributed by atoms with Crippen LogP contribution in [-0.4, -0.2) is 31.1 Å². The summed E-state index contributed by atoms with van der Waals surface area (Å²) in [5.74, 6) is 1.59. The van der Waals surface area contributed by atoms with Crippen LogP contribution in [0.25, 0.3) is 0 Å². The second-order valence-corrected chi connectivity index (χ2v) is 7.39. The van der Waals surface area contributed by atoms with Crippen molar-refractivity contribution in [1.82, 2.24) is 15.6 Å². The molecule has 32 heavy (non-hydrogen) atoms. The molecule has 6 nitrogen and oxygen atoms in total. The summed E-state index contributed by atoms with van der Waals surface area (Å²) in [5.41, 5.74) is 3.22. The summed E-state index contributed by atoms with van der Waals surface area (Å²) >= 11 is 0. The molecule has 2 aromatic carbocycles. The minimum absolute atomic E-state index is 0.0980. The molecule has 3 aromatic rings. The predicted octanol–water partition coefficient (Wildman–Crippen LogP) is 4.49. The Morgan fingerprint density at radius 2 is 1.84 bits per heavy atom. The van der Waals surface area contributed by atoms with Gasteiger partial charge in [0, 0.05) is 32.9 Å². The van der Waals surface area contributed by atoms with Crippen molar-refractivity contribution in [1.29, 1.82) is 0 Å². The van der Waals surface area contributed by atoms with Gasteiger partial charge >= 0.3 is 0 Å². The van der Waals surface area contributed by atoms with Crippen molar-refractivity contribution in [2.45, 2.75) is 32.6 Å². The van der Waals surface area contributed by atoms with E-state index in [4.69, 9.17) is 9.47 Å². The lowest BCUT2D eigenvalue weighted by Gasteiger charge is -2.15. The summed E-state index contributed by atoms with van der Waals surface area (Å²) in [4.78, 5) is 8.58. The van der Waals surface area contributed by atoms with Crippen molar-refractivity contribution in [2.24, 2.45) is 4.99 Å². The van der Waals surface area contributed by atoms with E-state index < -0.39 is 0 Å². The average Bonchev–Trinajstić information content (AvgIpc) is 2.85. The largest absolute Gasteiger partial charge is 0.487 e. The molecular weight excluding hydrogens is 400 g/mol. The van der Waals surface area contributed by atoms with Gasteiger partial charge in [0.05, 0.1) is 11.8 Å². The molecule has 0 aliphatic heterocycles. The van der Waals surface area contributed by atoms with Crippen LogP contribution in [0.15, 0.2) is 84.0 Å². The van der Waals surface area contributed by atoms with E-state index in [-0.39, 0.29) is 6.10 Å². The fourth-order valence-corrected chi connectivity index (χ4v) is 3.15. The molecule has 1 heterocycles. The number of aromatic nitrogens is 1. The van der Waals surface area contributed by atoms with Crippen LogP contribution < -0.4 is 15.4 Å². The first-order chi connectivity index (χ1) is 15.7. The zero-order chi connectivity index (χ0) is 22.4. The molecule has 1 atom stereocenters. The van der Waals surface area contributed by atoms with Gasteiger partial charge in [-0.3, -0.25) is 9.98 Å². The van der Waals surface area contributed by atoms with Crippen molar-refractivity contribution < 1.29 is 9.47 Å². The fourth-order valence-electron chi connectivity index (χ4n) is 3.15. The first kappa shape index (κ1) is 23.3. The second-order valence-electron chi connectivity index (χ2n) is 7.39. The molecule has 0 saturated carbocycles. The highest BCUT2D eigenvalue weighted by molar-refractivity contribution is 5.79. The maximum absolute atomic E-state index is 5.92. The van der Waals surface area contributed by atoms with Crippen molar-refractivity contribution in [3.63, 3.8) is 0 Å². The molecule has 0 aliphatic carbocycles. The number of guanidine groups is 1. The van der Waals surface area contributed by atoms with Crippen LogP contribution >= 0.6 is 0 Å². The van der Waals surface area contributed by atoms with Crippen LogP contribution in [0.5, 0.6) is 5.75 Å². The van der Waals surface area contributed by atoms with Gasteiger partial charge < -0.3 is 20.1 Å². The first-order valence-corrected chi connectivity index (χ1v) is 11.0. The minimum atomic E-state index is 0.0980. The molecule has 0 aliphatic rings. The number of pyridine rings is 1. The van der Waals surface area contributed by atoms with E-state index in [1.54, 1.807) is 13.2 Å². The summed E-state index contributed by atoms with van der Waals surface area (Å²) in [7, 11) is 1.77. The molecule has 0 fully saturated rings. The molecule has 0 saturated heterocycles. The van der Waals surface area contributed by atoms with E-state index in [2.05, 4.69) is 45.7 Å². The number of hydrogen-bond acceptors (Lipinski definition) is 4. The fraction of sp³-hybridized carbons (Fsp3) is 0.308. The molecule has 0 radical (unpaired) electrons. The van der Waals surface area contributed by atoms with E-state index in [1.807, 2.05) is 54.6 Å². The van der Waals surface area contributed by atoms with Crippen molar-refractivity contribution >= 4 is 5.96 Å². The van der Waals surface area contributed by atoms with Gasteiger partial charge in [0.2, 0.25) is 0 Å². The lowest BCUT2D eigenvalue weighted by Crippen LogP contribution is -2.37. The zero-order valence-electron chi connectivity index (χ0n) is 18.8. The van der Waals surface area contributed by atoms with Gasteiger partial charge in [-0.1, -0.05) is 48.5 Å². The lowest BCUT2D eigenvalue weighted by molar-refractivity contribution is 0.0646. The molecule has 1 aromatic heterocycles. The van der Waals surface area contributed by atoms with Crippen molar-refractivity contribution in [3.05, 3.63) is 95.8 Å². The number of benzene rings is 2. The Kier molecular flexibility index (Phi) is 9.55. The van der Waals surface area contributed by atoms with Crippen molar-refractivity contribution in [3.8, 4) is 5.75 Å². The normalized spacial score (nSPS) is 12.2. The second kappa shape index (κ2) is 13.1. The summed E-state index contributed by atoms with van der Waals surface area (Å²) in [6.07, 6.45) is 2.77. The Morgan fingerprint density at radius 1 is 1.00 bits per heavy atom. The van der Waals surface area contributed by atoms with Gasteiger partial charge in [0.1, 0.15) is 12.4 Å². The third kappa shape index (κ3) is 8.04. The van der Waals surface area contributed by atoms with E-state index in [0.29, 0.717) is 19.8 Å². The highest BCUT2D eigenvalue weighted by atomic mass is 16.5. The number of nitrogens with zero attached hydrogens (tertiary/aromatic N) is 2. The van der Waals surface area contributed by atoms with Gasteiger partial charge in [-0.05, 0) is 48.7 Å². The van der Waals surface area contributed by atoms with E-state index in [0.717, 1.165) is 35.9 Å². The molecule has 1 unspecified atom stereocenters. The molecule has 0 amide bonds.